The molecule has 0 aliphatic rings. The SMILES string of the molecule is CC#Cn1c2ccccc2c(=O)c2cccc(OCC)c21. The van der Waals surface area contributed by atoms with Crippen LogP contribution >= 0.6 is 0 Å². The van der Waals surface area contributed by atoms with E-state index in [1.165, 1.54) is 0 Å². The van der Waals surface area contributed by atoms with Crippen molar-refractivity contribution in [1.82, 2.24) is 4.57 Å². The summed E-state index contributed by atoms with van der Waals surface area (Å²) in [6.45, 7) is 4.25. The van der Waals surface area contributed by atoms with Crippen molar-refractivity contribution in [2.24, 2.45) is 0 Å². The first-order valence-electron chi connectivity index (χ1n) is 6.90. The van der Waals surface area contributed by atoms with Gasteiger partial charge in [-0.3, -0.25) is 9.36 Å². The van der Waals surface area contributed by atoms with Crippen LogP contribution in [0.5, 0.6) is 5.75 Å². The lowest BCUT2D eigenvalue weighted by molar-refractivity contribution is 0.343. The molecule has 0 spiro atoms. The van der Waals surface area contributed by atoms with Crippen LogP contribution < -0.4 is 10.2 Å². The molecule has 0 aliphatic heterocycles. The lowest BCUT2D eigenvalue weighted by Crippen LogP contribution is -2.10. The minimum Gasteiger partial charge on any atom is -0.492 e. The molecule has 1 heterocycles. The zero-order valence-corrected chi connectivity index (χ0v) is 12.0. The van der Waals surface area contributed by atoms with Gasteiger partial charge in [-0.1, -0.05) is 24.1 Å². The molecule has 0 unspecified atom stereocenters. The van der Waals surface area contributed by atoms with Gasteiger partial charge in [0.05, 0.1) is 17.5 Å². The van der Waals surface area contributed by atoms with Gasteiger partial charge in [0.2, 0.25) is 0 Å². The minimum atomic E-state index is 0.0105. The predicted molar refractivity (Wildman–Crippen MR) is 85.7 cm³/mol. The smallest absolute Gasteiger partial charge is 0.197 e. The van der Waals surface area contributed by atoms with Gasteiger partial charge < -0.3 is 4.74 Å². The zero-order valence-electron chi connectivity index (χ0n) is 12.0. The topological polar surface area (TPSA) is 31.2 Å². The van der Waals surface area contributed by atoms with Crippen LogP contribution in [0.1, 0.15) is 13.8 Å². The summed E-state index contributed by atoms with van der Waals surface area (Å²) < 4.78 is 7.53. The van der Waals surface area contributed by atoms with Crippen LogP contribution in [0.4, 0.5) is 0 Å². The molecule has 3 rings (SSSR count). The third kappa shape index (κ3) is 2.05. The Morgan fingerprint density at radius 2 is 1.86 bits per heavy atom. The van der Waals surface area contributed by atoms with E-state index >= 15 is 0 Å². The number of nitrogens with zero attached hydrogens (tertiary/aromatic N) is 1. The summed E-state index contributed by atoms with van der Waals surface area (Å²) in [5, 5.41) is 1.30. The largest absolute Gasteiger partial charge is 0.492 e. The molecule has 21 heavy (non-hydrogen) atoms. The lowest BCUT2D eigenvalue weighted by Gasteiger charge is -2.13. The van der Waals surface area contributed by atoms with E-state index in [-0.39, 0.29) is 5.43 Å². The Morgan fingerprint density at radius 3 is 2.62 bits per heavy atom. The van der Waals surface area contributed by atoms with E-state index in [9.17, 15) is 4.79 Å². The molecule has 0 aliphatic carbocycles. The van der Waals surface area contributed by atoms with E-state index < -0.39 is 0 Å². The number of benzene rings is 2. The molecule has 0 radical (unpaired) electrons. The second-order valence-corrected chi connectivity index (χ2v) is 4.63. The van der Waals surface area contributed by atoms with E-state index in [0.29, 0.717) is 23.1 Å². The van der Waals surface area contributed by atoms with Crippen molar-refractivity contribution in [3.63, 3.8) is 0 Å². The van der Waals surface area contributed by atoms with Gasteiger partial charge in [-0.25, -0.2) is 0 Å². The highest BCUT2D eigenvalue weighted by atomic mass is 16.5. The Balaban J connectivity index is 2.62. The molecule has 2 aromatic carbocycles. The number of fused-ring (bicyclic) bond motifs is 2. The molecule has 3 nitrogen and oxygen atoms in total. The summed E-state index contributed by atoms with van der Waals surface area (Å²) in [6, 6.07) is 16.1. The fourth-order valence-electron chi connectivity index (χ4n) is 2.56. The van der Waals surface area contributed by atoms with Crippen molar-refractivity contribution < 1.29 is 4.74 Å². The van der Waals surface area contributed by atoms with Crippen molar-refractivity contribution in [1.29, 1.82) is 0 Å². The Hall–Kier alpha value is -2.73. The quantitative estimate of drug-likeness (QED) is 0.531. The Bertz CT molecular complexity index is 942. The maximum absolute atomic E-state index is 12.7. The average molecular weight is 277 g/mol. The number of para-hydroxylation sites is 2. The van der Waals surface area contributed by atoms with Crippen LogP contribution in [0.3, 0.4) is 0 Å². The van der Waals surface area contributed by atoms with Crippen molar-refractivity contribution in [3.05, 3.63) is 52.7 Å². The highest BCUT2D eigenvalue weighted by molar-refractivity contribution is 5.97. The number of hydrogen-bond acceptors (Lipinski definition) is 2. The van der Waals surface area contributed by atoms with Crippen LogP contribution in [0.25, 0.3) is 21.8 Å². The van der Waals surface area contributed by atoms with E-state index in [0.717, 1.165) is 11.0 Å². The standard InChI is InChI=1S/C18H15NO2/c1-3-12-19-15-10-6-5-8-13(15)18(20)14-9-7-11-16(17(14)19)21-4-2/h5-11H,4H2,1-2H3. The van der Waals surface area contributed by atoms with Gasteiger partial charge in [0.1, 0.15) is 11.3 Å². The summed E-state index contributed by atoms with van der Waals surface area (Å²) in [6.07, 6.45) is 0. The first-order valence-corrected chi connectivity index (χ1v) is 6.90. The molecule has 1 aromatic heterocycles. The second-order valence-electron chi connectivity index (χ2n) is 4.63. The molecule has 0 fully saturated rings. The summed E-state index contributed by atoms with van der Waals surface area (Å²) in [5.74, 6) is 3.59. The molecule has 3 heteroatoms. The Morgan fingerprint density at radius 1 is 1.10 bits per heavy atom. The zero-order chi connectivity index (χ0) is 14.8. The highest BCUT2D eigenvalue weighted by Gasteiger charge is 2.13. The van der Waals surface area contributed by atoms with Crippen LogP contribution in [0.2, 0.25) is 0 Å². The van der Waals surface area contributed by atoms with E-state index in [2.05, 4.69) is 12.0 Å². The second kappa shape index (κ2) is 5.34. The normalized spacial score (nSPS) is 10.4. The molecule has 104 valence electrons. The molecule has 0 bridgehead atoms. The van der Waals surface area contributed by atoms with Gasteiger partial charge in [-0.15, -0.1) is 0 Å². The van der Waals surface area contributed by atoms with Crippen LogP contribution in [0.15, 0.2) is 47.3 Å². The molecule has 3 aromatic rings. The van der Waals surface area contributed by atoms with Crippen LogP contribution in [-0.2, 0) is 0 Å². The monoisotopic (exact) mass is 277 g/mol. The summed E-state index contributed by atoms with van der Waals surface area (Å²) >= 11 is 0. The van der Waals surface area contributed by atoms with Gasteiger partial charge >= 0.3 is 0 Å². The molecular formula is C18H15NO2. The first-order chi connectivity index (χ1) is 10.3. The molecule has 0 saturated carbocycles. The van der Waals surface area contributed by atoms with Gasteiger partial charge in [0.15, 0.2) is 5.43 Å². The fraction of sp³-hybridized carbons (Fsp3) is 0.167. The third-order valence-electron chi connectivity index (χ3n) is 3.38. The molecule has 0 atom stereocenters. The molecule has 0 N–H and O–H groups in total. The van der Waals surface area contributed by atoms with Crippen molar-refractivity contribution in [2.45, 2.75) is 13.8 Å². The molecule has 0 saturated heterocycles. The van der Waals surface area contributed by atoms with E-state index in [1.807, 2.05) is 54.0 Å². The summed E-state index contributed by atoms with van der Waals surface area (Å²) in [5.41, 5.74) is 1.55. The Kier molecular flexibility index (Phi) is 3.37. The molecular weight excluding hydrogens is 262 g/mol. The van der Waals surface area contributed by atoms with Crippen molar-refractivity contribution in [2.75, 3.05) is 6.61 Å². The Labute approximate surface area is 122 Å². The minimum absolute atomic E-state index is 0.0105. The summed E-state index contributed by atoms with van der Waals surface area (Å²) in [4.78, 5) is 12.7. The highest BCUT2D eigenvalue weighted by Crippen LogP contribution is 2.26. The third-order valence-corrected chi connectivity index (χ3v) is 3.38. The average Bonchev–Trinajstić information content (AvgIpc) is 2.52. The van der Waals surface area contributed by atoms with Crippen LogP contribution in [0, 0.1) is 12.0 Å². The van der Waals surface area contributed by atoms with Gasteiger partial charge in [0.25, 0.3) is 0 Å². The fourth-order valence-corrected chi connectivity index (χ4v) is 2.56. The van der Waals surface area contributed by atoms with Gasteiger partial charge in [-0.2, -0.15) is 0 Å². The maximum Gasteiger partial charge on any atom is 0.197 e. The van der Waals surface area contributed by atoms with E-state index in [4.69, 9.17) is 4.74 Å². The van der Waals surface area contributed by atoms with E-state index in [1.54, 1.807) is 6.92 Å². The number of rotatable bonds is 2. The number of hydrogen-bond donors (Lipinski definition) is 0. The maximum atomic E-state index is 12.7. The number of ether oxygens (including phenoxy) is 1. The van der Waals surface area contributed by atoms with Crippen LogP contribution in [-0.4, -0.2) is 11.2 Å². The number of aromatic nitrogens is 1. The molecule has 0 amide bonds. The van der Waals surface area contributed by atoms with Crippen molar-refractivity contribution in [3.8, 4) is 17.7 Å². The first kappa shape index (κ1) is 13.3. The van der Waals surface area contributed by atoms with Gasteiger partial charge in [0, 0.05) is 11.4 Å². The lowest BCUT2D eigenvalue weighted by atomic mass is 10.1. The van der Waals surface area contributed by atoms with Crippen molar-refractivity contribution >= 4 is 21.8 Å². The predicted octanol–water partition coefficient (Wildman–Crippen LogP) is 3.38. The van der Waals surface area contributed by atoms with Gasteiger partial charge in [-0.05, 0) is 38.1 Å². The number of pyridine rings is 1. The summed E-state index contributed by atoms with van der Waals surface area (Å²) in [7, 11) is 0.